The standard InChI is InChI=1S/C16H17ClN2O3S.ClH/c1-9-8-23-14(18-9)7-19(3)15(20)11-4-12(6-17)10(2)13(5-11)16(21)22;/h4-5,8H,6-7H2,1-3H3,(H,21,22);1H/p-2. The predicted octanol–water partition coefficient (Wildman–Crippen LogP) is -0.862. The van der Waals surface area contributed by atoms with Crippen LogP contribution in [-0.4, -0.2) is 28.8 Å². The molecule has 0 aliphatic heterocycles. The molecule has 5 nitrogen and oxygen atoms in total. The van der Waals surface area contributed by atoms with Gasteiger partial charge in [0.1, 0.15) is 5.01 Å². The fourth-order valence-electron chi connectivity index (χ4n) is 2.22. The Morgan fingerprint density at radius 2 is 2.00 bits per heavy atom. The number of carboxylic acid groups (broad SMARTS) is 1. The first-order valence-corrected chi connectivity index (χ1v) is 8.32. The van der Waals surface area contributed by atoms with Crippen molar-refractivity contribution in [1.29, 1.82) is 0 Å². The maximum atomic E-state index is 12.6. The van der Waals surface area contributed by atoms with E-state index in [0.717, 1.165) is 10.7 Å². The Bertz CT molecular complexity index is 762. The number of halogens is 2. The summed E-state index contributed by atoms with van der Waals surface area (Å²) in [6.45, 7) is 3.90. The third kappa shape index (κ3) is 4.47. The number of benzene rings is 1. The summed E-state index contributed by atoms with van der Waals surface area (Å²) in [6.07, 6.45) is 0. The SMILES string of the molecule is Cc1csc(CN(C)C(=O)c2cc(CCl)c(C)c(C(=O)[O-])c2)n1.[Cl-]. The van der Waals surface area contributed by atoms with Gasteiger partial charge in [0, 0.05) is 35.1 Å². The molecule has 0 N–H and O–H groups in total. The number of aryl methyl sites for hydroxylation is 1. The zero-order valence-electron chi connectivity index (χ0n) is 13.4. The van der Waals surface area contributed by atoms with Crippen molar-refractivity contribution in [2.75, 3.05) is 7.05 Å². The first kappa shape index (κ1) is 20.4. The lowest BCUT2D eigenvalue weighted by Gasteiger charge is -2.18. The van der Waals surface area contributed by atoms with Gasteiger partial charge in [-0.15, -0.1) is 22.9 Å². The molecule has 0 unspecified atom stereocenters. The van der Waals surface area contributed by atoms with Crippen LogP contribution in [0.25, 0.3) is 0 Å². The smallest absolute Gasteiger partial charge is 0.254 e. The first-order chi connectivity index (χ1) is 10.8. The van der Waals surface area contributed by atoms with Gasteiger partial charge in [0.2, 0.25) is 0 Å². The molecule has 0 saturated heterocycles. The molecular formula is C16H16Cl2N2O3S-2. The van der Waals surface area contributed by atoms with Crippen LogP contribution in [0.3, 0.4) is 0 Å². The van der Waals surface area contributed by atoms with Crippen molar-refractivity contribution in [3.05, 3.63) is 50.5 Å². The third-order valence-electron chi connectivity index (χ3n) is 3.51. The second-order valence-electron chi connectivity index (χ2n) is 5.27. The molecule has 0 spiro atoms. The van der Waals surface area contributed by atoms with Crippen LogP contribution in [0, 0.1) is 13.8 Å². The van der Waals surface area contributed by atoms with Crippen molar-refractivity contribution in [1.82, 2.24) is 9.88 Å². The van der Waals surface area contributed by atoms with Crippen molar-refractivity contribution in [2.45, 2.75) is 26.3 Å². The summed E-state index contributed by atoms with van der Waals surface area (Å²) in [5, 5.41) is 14.0. The van der Waals surface area contributed by atoms with E-state index < -0.39 is 5.97 Å². The van der Waals surface area contributed by atoms with Crippen molar-refractivity contribution in [3.8, 4) is 0 Å². The topological polar surface area (TPSA) is 73.3 Å². The average Bonchev–Trinajstić information content (AvgIpc) is 2.91. The van der Waals surface area contributed by atoms with Gasteiger partial charge in [-0.2, -0.15) is 0 Å². The summed E-state index contributed by atoms with van der Waals surface area (Å²) in [6, 6.07) is 2.97. The lowest BCUT2D eigenvalue weighted by molar-refractivity contribution is -0.255. The van der Waals surface area contributed by atoms with Crippen LogP contribution in [0.15, 0.2) is 17.5 Å². The van der Waals surface area contributed by atoms with Crippen LogP contribution in [0.4, 0.5) is 0 Å². The van der Waals surface area contributed by atoms with E-state index in [2.05, 4.69) is 4.98 Å². The quantitative estimate of drug-likeness (QED) is 0.626. The largest absolute Gasteiger partial charge is 1.00 e. The van der Waals surface area contributed by atoms with E-state index in [1.807, 2.05) is 12.3 Å². The summed E-state index contributed by atoms with van der Waals surface area (Å²) in [5.41, 5.74) is 2.31. The van der Waals surface area contributed by atoms with E-state index >= 15 is 0 Å². The molecule has 1 heterocycles. The number of hydrogen-bond donors (Lipinski definition) is 0. The zero-order valence-corrected chi connectivity index (χ0v) is 15.8. The number of amides is 1. The number of carbonyl (C=O) groups excluding carboxylic acids is 2. The first-order valence-electron chi connectivity index (χ1n) is 6.90. The molecule has 0 saturated carbocycles. The minimum absolute atomic E-state index is 0. The molecular weight excluding hydrogens is 371 g/mol. The monoisotopic (exact) mass is 386 g/mol. The lowest BCUT2D eigenvalue weighted by Crippen LogP contribution is -3.00. The average molecular weight is 387 g/mol. The fourth-order valence-corrected chi connectivity index (χ4v) is 3.32. The molecule has 1 aromatic carbocycles. The second kappa shape index (κ2) is 8.46. The maximum Gasteiger partial charge on any atom is 0.254 e. The van der Waals surface area contributed by atoms with Crippen LogP contribution in [-0.2, 0) is 12.4 Å². The van der Waals surface area contributed by atoms with Gasteiger partial charge < -0.3 is 27.2 Å². The van der Waals surface area contributed by atoms with Gasteiger partial charge in [0.25, 0.3) is 5.91 Å². The van der Waals surface area contributed by atoms with E-state index in [4.69, 9.17) is 11.6 Å². The highest BCUT2D eigenvalue weighted by Crippen LogP contribution is 2.20. The van der Waals surface area contributed by atoms with Gasteiger partial charge in [-0.3, -0.25) is 4.79 Å². The van der Waals surface area contributed by atoms with Gasteiger partial charge in [-0.05, 0) is 37.1 Å². The molecule has 1 aromatic heterocycles. The number of alkyl halides is 1. The van der Waals surface area contributed by atoms with Crippen LogP contribution in [0.2, 0.25) is 0 Å². The van der Waals surface area contributed by atoms with E-state index in [0.29, 0.717) is 17.7 Å². The molecule has 24 heavy (non-hydrogen) atoms. The van der Waals surface area contributed by atoms with Crippen LogP contribution < -0.4 is 17.5 Å². The highest BCUT2D eigenvalue weighted by atomic mass is 35.5. The summed E-state index contributed by atoms with van der Waals surface area (Å²) in [7, 11) is 1.65. The molecule has 2 rings (SSSR count). The highest BCUT2D eigenvalue weighted by molar-refractivity contribution is 7.09. The number of carboxylic acids is 1. The number of hydrogen-bond acceptors (Lipinski definition) is 5. The van der Waals surface area contributed by atoms with Crippen LogP contribution >= 0.6 is 22.9 Å². The fraction of sp³-hybridized carbons (Fsp3) is 0.312. The number of aromatic nitrogens is 1. The molecule has 0 fully saturated rings. The van der Waals surface area contributed by atoms with E-state index in [9.17, 15) is 14.7 Å². The molecule has 1 amide bonds. The van der Waals surface area contributed by atoms with Gasteiger partial charge in [-0.25, -0.2) is 4.98 Å². The molecule has 0 aliphatic carbocycles. The molecule has 0 radical (unpaired) electrons. The van der Waals surface area contributed by atoms with Crippen LogP contribution in [0.1, 0.15) is 42.5 Å². The Labute approximate surface area is 155 Å². The maximum absolute atomic E-state index is 12.6. The van der Waals surface area contributed by atoms with Crippen LogP contribution in [0.5, 0.6) is 0 Å². The minimum atomic E-state index is -1.32. The van der Waals surface area contributed by atoms with Gasteiger partial charge in [0.15, 0.2) is 0 Å². The van der Waals surface area contributed by atoms with Crippen molar-refractivity contribution in [2.24, 2.45) is 0 Å². The molecule has 2 aromatic rings. The number of aromatic carboxylic acids is 1. The molecule has 0 bridgehead atoms. The minimum Gasteiger partial charge on any atom is -1.00 e. The Balaban J connectivity index is 0.00000288. The van der Waals surface area contributed by atoms with Crippen molar-refractivity contribution in [3.63, 3.8) is 0 Å². The summed E-state index contributed by atoms with van der Waals surface area (Å²) >= 11 is 7.33. The summed E-state index contributed by atoms with van der Waals surface area (Å²) in [4.78, 5) is 29.6. The molecule has 130 valence electrons. The van der Waals surface area contributed by atoms with Gasteiger partial charge >= 0.3 is 0 Å². The summed E-state index contributed by atoms with van der Waals surface area (Å²) in [5.74, 6) is -1.48. The Morgan fingerprint density at radius 1 is 1.33 bits per heavy atom. The third-order valence-corrected chi connectivity index (χ3v) is 4.75. The van der Waals surface area contributed by atoms with E-state index in [1.165, 1.54) is 22.3 Å². The Hall–Kier alpha value is -1.63. The predicted molar refractivity (Wildman–Crippen MR) is 87.7 cm³/mol. The normalized spacial score (nSPS) is 10.2. The van der Waals surface area contributed by atoms with Gasteiger partial charge in [0.05, 0.1) is 12.5 Å². The van der Waals surface area contributed by atoms with E-state index in [1.54, 1.807) is 20.0 Å². The summed E-state index contributed by atoms with van der Waals surface area (Å²) < 4.78 is 0. The Morgan fingerprint density at radius 3 is 2.50 bits per heavy atom. The van der Waals surface area contributed by atoms with Crippen molar-refractivity contribution >= 4 is 34.8 Å². The number of nitrogens with zero attached hydrogens (tertiary/aromatic N) is 2. The van der Waals surface area contributed by atoms with E-state index in [-0.39, 0.29) is 35.3 Å². The lowest BCUT2D eigenvalue weighted by atomic mass is 9.99. The number of rotatable bonds is 5. The Kier molecular flexibility index (Phi) is 7.20. The van der Waals surface area contributed by atoms with Gasteiger partial charge in [-0.1, -0.05) is 0 Å². The highest BCUT2D eigenvalue weighted by Gasteiger charge is 2.17. The molecule has 0 aliphatic rings. The number of carbonyl (C=O) groups is 2. The van der Waals surface area contributed by atoms with Crippen molar-refractivity contribution < 1.29 is 27.1 Å². The molecule has 0 atom stereocenters. The second-order valence-corrected chi connectivity index (χ2v) is 6.48. The number of thiazole rings is 1. The zero-order chi connectivity index (χ0) is 17.1. The molecule has 8 heteroatoms.